The fraction of sp³-hybridized carbons (Fsp3) is 0.100. The third-order valence-corrected chi connectivity index (χ3v) is 5.47. The van der Waals surface area contributed by atoms with E-state index < -0.39 is 5.97 Å². The van der Waals surface area contributed by atoms with Gasteiger partial charge >= 0.3 is 5.97 Å². The minimum atomic E-state index is -0.390. The van der Waals surface area contributed by atoms with Gasteiger partial charge in [0.2, 0.25) is 0 Å². The number of methoxy groups -OCH3 is 1. The highest BCUT2D eigenvalue weighted by Gasteiger charge is 2.18. The van der Waals surface area contributed by atoms with E-state index >= 15 is 0 Å². The molecule has 0 radical (unpaired) electrons. The predicted molar refractivity (Wildman–Crippen MR) is 119 cm³/mol. The molecule has 0 amide bonds. The molecule has 27 heavy (non-hydrogen) atoms. The molecular formula is C20H17BrN2O2S2. The van der Waals surface area contributed by atoms with Gasteiger partial charge < -0.3 is 15.4 Å². The first-order chi connectivity index (χ1) is 13.0. The molecule has 0 aliphatic carbocycles. The van der Waals surface area contributed by atoms with Crippen molar-refractivity contribution in [3.63, 3.8) is 0 Å². The number of carbonyl (C=O) groups is 1. The summed E-state index contributed by atoms with van der Waals surface area (Å²) in [4.78, 5) is 13.2. The molecule has 0 aliphatic rings. The zero-order valence-corrected chi connectivity index (χ0v) is 17.7. The lowest BCUT2D eigenvalue weighted by molar-refractivity contribution is 0.0602. The normalized spacial score (nSPS) is 10.3. The lowest BCUT2D eigenvalue weighted by Crippen LogP contribution is -2.19. The lowest BCUT2D eigenvalue weighted by atomic mass is 10.1. The molecule has 3 aromatic rings. The second-order valence-corrected chi connectivity index (χ2v) is 8.16. The Balaban J connectivity index is 1.78. The molecule has 0 spiro atoms. The summed E-state index contributed by atoms with van der Waals surface area (Å²) in [6.07, 6.45) is 0.739. The summed E-state index contributed by atoms with van der Waals surface area (Å²) in [6.45, 7) is 0. The Hall–Kier alpha value is -2.22. The lowest BCUT2D eigenvalue weighted by Gasteiger charge is -2.10. The molecule has 1 heterocycles. The summed E-state index contributed by atoms with van der Waals surface area (Å²) in [5, 5.41) is 7.32. The maximum atomic E-state index is 12.2. The van der Waals surface area contributed by atoms with Crippen LogP contribution in [0.1, 0.15) is 20.8 Å². The predicted octanol–water partition coefficient (Wildman–Crippen LogP) is 5.70. The van der Waals surface area contributed by atoms with Crippen LogP contribution in [0.3, 0.4) is 0 Å². The smallest absolute Gasteiger partial charge is 0.340 e. The quantitative estimate of drug-likeness (QED) is 0.377. The number of esters is 1. The van der Waals surface area contributed by atoms with E-state index in [-0.39, 0.29) is 0 Å². The van der Waals surface area contributed by atoms with E-state index in [1.54, 1.807) is 0 Å². The highest BCUT2D eigenvalue weighted by molar-refractivity contribution is 9.10. The van der Waals surface area contributed by atoms with Crippen molar-refractivity contribution in [3.8, 4) is 0 Å². The van der Waals surface area contributed by atoms with E-state index in [0.29, 0.717) is 15.7 Å². The van der Waals surface area contributed by atoms with Gasteiger partial charge in [-0.1, -0.05) is 52.3 Å². The van der Waals surface area contributed by atoms with Crippen LogP contribution in [0, 0.1) is 0 Å². The molecule has 0 aliphatic heterocycles. The fourth-order valence-electron chi connectivity index (χ4n) is 2.51. The number of rotatable bonds is 5. The summed E-state index contributed by atoms with van der Waals surface area (Å²) in [5.41, 5.74) is 2.51. The van der Waals surface area contributed by atoms with Gasteiger partial charge in [-0.2, -0.15) is 0 Å². The monoisotopic (exact) mass is 460 g/mol. The molecule has 138 valence electrons. The third kappa shape index (κ3) is 5.38. The number of thiophene rings is 1. The molecule has 0 atom stereocenters. The van der Waals surface area contributed by atoms with Crippen molar-refractivity contribution in [2.45, 2.75) is 6.42 Å². The number of benzene rings is 2. The van der Waals surface area contributed by atoms with Crippen LogP contribution in [-0.2, 0) is 11.2 Å². The van der Waals surface area contributed by atoms with Crippen LogP contribution < -0.4 is 10.6 Å². The Kier molecular flexibility index (Phi) is 6.60. The van der Waals surface area contributed by atoms with E-state index in [1.807, 2.05) is 48.5 Å². The average molecular weight is 461 g/mol. The maximum absolute atomic E-state index is 12.2. The van der Waals surface area contributed by atoms with E-state index in [1.165, 1.54) is 24.0 Å². The number of carbonyl (C=O) groups excluding carboxylic acids is 1. The Bertz CT molecular complexity index is 958. The minimum absolute atomic E-state index is 0.390. The van der Waals surface area contributed by atoms with Gasteiger partial charge in [-0.15, -0.1) is 11.3 Å². The number of hydrogen-bond acceptors (Lipinski definition) is 4. The number of thiocarbonyl (C=S) groups is 1. The largest absolute Gasteiger partial charge is 0.465 e. The molecule has 0 bridgehead atoms. The van der Waals surface area contributed by atoms with E-state index in [4.69, 9.17) is 17.0 Å². The highest BCUT2D eigenvalue weighted by Crippen LogP contribution is 2.31. The van der Waals surface area contributed by atoms with Crippen molar-refractivity contribution >= 4 is 61.3 Å². The van der Waals surface area contributed by atoms with Crippen molar-refractivity contribution in [1.29, 1.82) is 0 Å². The molecule has 4 nitrogen and oxygen atoms in total. The standard InChI is InChI=1S/C20H17BrN2O2S2/c1-25-19(24)17-12-16(10-13-6-3-2-4-7-13)27-18(17)23-20(26)22-15-9-5-8-14(21)11-15/h2-9,11-12H,10H2,1H3,(H2,22,23,26). The summed E-state index contributed by atoms with van der Waals surface area (Å²) in [6, 6.07) is 19.6. The number of nitrogens with one attached hydrogen (secondary N) is 2. The second kappa shape index (κ2) is 9.12. The molecule has 0 saturated heterocycles. The summed E-state index contributed by atoms with van der Waals surface area (Å²) >= 11 is 10.3. The molecule has 2 aromatic carbocycles. The fourth-order valence-corrected chi connectivity index (χ4v) is 4.28. The van der Waals surface area contributed by atoms with Crippen LogP contribution in [0.4, 0.5) is 10.7 Å². The molecule has 0 fully saturated rings. The average Bonchev–Trinajstić information content (AvgIpc) is 3.04. The summed E-state index contributed by atoms with van der Waals surface area (Å²) in [7, 11) is 1.37. The number of anilines is 2. The number of ether oxygens (including phenoxy) is 1. The molecule has 0 saturated carbocycles. The van der Waals surface area contributed by atoms with Crippen molar-refractivity contribution in [2.24, 2.45) is 0 Å². The summed E-state index contributed by atoms with van der Waals surface area (Å²) < 4.78 is 5.86. The first kappa shape index (κ1) is 19.5. The molecular weight excluding hydrogens is 444 g/mol. The van der Waals surface area contributed by atoms with Crippen LogP contribution in [0.2, 0.25) is 0 Å². The zero-order valence-electron chi connectivity index (χ0n) is 14.5. The second-order valence-electron chi connectivity index (χ2n) is 5.70. The Morgan fingerprint density at radius 2 is 1.89 bits per heavy atom. The van der Waals surface area contributed by atoms with E-state index in [2.05, 4.69) is 38.7 Å². The molecule has 1 aromatic heterocycles. The van der Waals surface area contributed by atoms with E-state index in [9.17, 15) is 4.79 Å². The highest BCUT2D eigenvalue weighted by atomic mass is 79.9. The molecule has 0 unspecified atom stereocenters. The van der Waals surface area contributed by atoms with Crippen molar-refractivity contribution < 1.29 is 9.53 Å². The Morgan fingerprint density at radius 1 is 1.11 bits per heavy atom. The summed E-state index contributed by atoms with van der Waals surface area (Å²) in [5.74, 6) is -0.390. The van der Waals surface area contributed by atoms with E-state index in [0.717, 1.165) is 21.5 Å². The maximum Gasteiger partial charge on any atom is 0.340 e. The molecule has 7 heteroatoms. The van der Waals surface area contributed by atoms with Crippen molar-refractivity contribution in [1.82, 2.24) is 0 Å². The van der Waals surface area contributed by atoms with Crippen LogP contribution in [0.5, 0.6) is 0 Å². The van der Waals surface area contributed by atoms with Crippen LogP contribution >= 0.6 is 39.5 Å². The van der Waals surface area contributed by atoms with Crippen molar-refractivity contribution in [3.05, 3.63) is 81.1 Å². The molecule has 3 rings (SSSR count). The van der Waals surface area contributed by atoms with Gasteiger partial charge in [0.25, 0.3) is 0 Å². The molecule has 2 N–H and O–H groups in total. The van der Waals surface area contributed by atoms with Gasteiger partial charge in [-0.3, -0.25) is 0 Å². The topological polar surface area (TPSA) is 50.4 Å². The van der Waals surface area contributed by atoms with Crippen LogP contribution in [-0.4, -0.2) is 18.2 Å². The Morgan fingerprint density at radius 3 is 2.59 bits per heavy atom. The third-order valence-electron chi connectivity index (χ3n) is 3.72. The van der Waals surface area contributed by atoms with Gasteiger partial charge in [0.1, 0.15) is 5.00 Å². The number of halogens is 1. The Labute approximate surface area is 175 Å². The zero-order chi connectivity index (χ0) is 19.2. The van der Waals surface area contributed by atoms with Gasteiger partial charge in [0.15, 0.2) is 5.11 Å². The van der Waals surface area contributed by atoms with Gasteiger partial charge in [0.05, 0.1) is 12.7 Å². The first-order valence-corrected chi connectivity index (χ1v) is 10.2. The number of hydrogen-bond donors (Lipinski definition) is 2. The van der Waals surface area contributed by atoms with Gasteiger partial charge in [0, 0.05) is 21.5 Å². The van der Waals surface area contributed by atoms with Crippen molar-refractivity contribution in [2.75, 3.05) is 17.7 Å². The van der Waals surface area contributed by atoms with Gasteiger partial charge in [-0.25, -0.2) is 4.79 Å². The van der Waals surface area contributed by atoms with Crippen LogP contribution in [0.15, 0.2) is 65.1 Å². The SMILES string of the molecule is COC(=O)c1cc(Cc2ccccc2)sc1NC(=S)Nc1cccc(Br)c1. The first-order valence-electron chi connectivity index (χ1n) is 8.13. The van der Waals surface area contributed by atoms with Crippen LogP contribution in [0.25, 0.3) is 0 Å². The minimum Gasteiger partial charge on any atom is -0.465 e. The van der Waals surface area contributed by atoms with Gasteiger partial charge in [-0.05, 0) is 42.0 Å².